The summed E-state index contributed by atoms with van der Waals surface area (Å²) >= 11 is 0. The Kier molecular flexibility index (Phi) is 3.93. The smallest absolute Gasteiger partial charge is 0.415 e. The molecule has 0 radical (unpaired) electrons. The van der Waals surface area contributed by atoms with E-state index in [1.165, 1.54) is 0 Å². The maximum atomic E-state index is 12.0. The molecule has 1 amide bonds. The lowest BCUT2D eigenvalue weighted by Gasteiger charge is -2.42. The van der Waals surface area contributed by atoms with Crippen molar-refractivity contribution in [3.63, 3.8) is 0 Å². The van der Waals surface area contributed by atoms with E-state index >= 15 is 0 Å². The second-order valence-electron chi connectivity index (χ2n) is 4.71. The minimum absolute atomic E-state index is 0.0211. The van der Waals surface area contributed by atoms with Crippen molar-refractivity contribution in [3.8, 4) is 12.3 Å². The molecule has 4 heteroatoms. The molecule has 0 aromatic rings. The van der Waals surface area contributed by atoms with E-state index in [0.29, 0.717) is 13.0 Å². The molecular formula is C14H19NO3. The number of terminal acetylenes is 1. The van der Waals surface area contributed by atoms with E-state index in [0.717, 1.165) is 25.0 Å². The van der Waals surface area contributed by atoms with Crippen molar-refractivity contribution < 1.29 is 14.6 Å². The number of aliphatic hydroxyl groups is 1. The van der Waals surface area contributed by atoms with Gasteiger partial charge in [0.05, 0.1) is 12.7 Å². The zero-order valence-corrected chi connectivity index (χ0v) is 10.6. The van der Waals surface area contributed by atoms with E-state index in [1.807, 2.05) is 6.08 Å². The molecule has 3 unspecified atom stereocenters. The minimum Gasteiger partial charge on any atom is -0.449 e. The maximum Gasteiger partial charge on any atom is 0.415 e. The number of fused-ring (bicyclic) bond motifs is 1. The number of amides is 1. The van der Waals surface area contributed by atoms with Crippen LogP contribution in [0.15, 0.2) is 11.8 Å². The summed E-state index contributed by atoms with van der Waals surface area (Å²) in [4.78, 5) is 13.6. The van der Waals surface area contributed by atoms with E-state index in [9.17, 15) is 9.90 Å². The lowest BCUT2D eigenvalue weighted by molar-refractivity contribution is 0.0493. The average Bonchev–Trinajstić information content (AvgIpc) is 2.38. The summed E-state index contributed by atoms with van der Waals surface area (Å²) < 4.78 is 5.07. The zero-order chi connectivity index (χ0) is 13.1. The second kappa shape index (κ2) is 5.45. The van der Waals surface area contributed by atoms with Gasteiger partial charge in [-0.25, -0.2) is 4.79 Å². The third-order valence-electron chi connectivity index (χ3n) is 3.66. The Morgan fingerprint density at radius 3 is 3.06 bits per heavy atom. The number of carbonyl (C=O) groups is 1. The van der Waals surface area contributed by atoms with E-state index in [-0.39, 0.29) is 18.1 Å². The van der Waals surface area contributed by atoms with Gasteiger partial charge in [-0.2, -0.15) is 0 Å². The maximum absolute atomic E-state index is 12.0. The number of rotatable bonds is 1. The molecule has 1 saturated heterocycles. The fourth-order valence-corrected chi connectivity index (χ4v) is 2.80. The van der Waals surface area contributed by atoms with E-state index < -0.39 is 6.09 Å². The molecule has 0 bridgehead atoms. The first kappa shape index (κ1) is 13.0. The highest BCUT2D eigenvalue weighted by atomic mass is 16.6. The molecule has 0 saturated carbocycles. The van der Waals surface area contributed by atoms with Crippen LogP contribution in [0.1, 0.15) is 32.6 Å². The van der Waals surface area contributed by atoms with E-state index in [1.54, 1.807) is 11.8 Å². The number of ether oxygens (including phenoxy) is 1. The largest absolute Gasteiger partial charge is 0.449 e. The number of nitrogens with zero attached hydrogens (tertiary/aromatic N) is 1. The number of allylic oxidation sites excluding steroid dienone is 1. The van der Waals surface area contributed by atoms with Crippen LogP contribution < -0.4 is 0 Å². The van der Waals surface area contributed by atoms with Gasteiger partial charge in [0.2, 0.25) is 0 Å². The fraction of sp³-hybridized carbons (Fsp3) is 0.643. The number of likely N-dealkylation sites (tertiary alicyclic amines) is 1. The molecule has 4 nitrogen and oxygen atoms in total. The normalized spacial score (nSPS) is 31.1. The number of aliphatic hydroxyl groups excluding tert-OH is 1. The Hall–Kier alpha value is -1.47. The number of carbonyl (C=O) groups excluding carboxylic acids is 1. The van der Waals surface area contributed by atoms with Gasteiger partial charge >= 0.3 is 6.09 Å². The highest BCUT2D eigenvalue weighted by molar-refractivity contribution is 5.71. The van der Waals surface area contributed by atoms with Crippen molar-refractivity contribution in [2.45, 2.75) is 44.8 Å². The Morgan fingerprint density at radius 2 is 2.39 bits per heavy atom. The molecule has 1 N–H and O–H groups in total. The molecule has 2 rings (SSSR count). The first-order valence-electron chi connectivity index (χ1n) is 6.49. The van der Waals surface area contributed by atoms with Gasteiger partial charge in [0.1, 0.15) is 6.04 Å². The summed E-state index contributed by atoms with van der Waals surface area (Å²) in [6, 6.07) is -0.253. The summed E-state index contributed by atoms with van der Waals surface area (Å²) in [5.41, 5.74) is 0.849. The van der Waals surface area contributed by atoms with Crippen molar-refractivity contribution in [1.82, 2.24) is 4.90 Å². The SMILES string of the molecule is C#CC1CCC2C(=CCCC2O)N1C(=O)OCC. The van der Waals surface area contributed by atoms with Crippen molar-refractivity contribution in [1.29, 1.82) is 0 Å². The molecule has 1 fully saturated rings. The molecule has 98 valence electrons. The molecular weight excluding hydrogens is 230 g/mol. The van der Waals surface area contributed by atoms with Crippen LogP contribution in [0, 0.1) is 18.3 Å². The molecule has 0 aromatic carbocycles. The molecule has 0 spiro atoms. The fourth-order valence-electron chi connectivity index (χ4n) is 2.80. The molecule has 1 aliphatic heterocycles. The number of hydrogen-bond donors (Lipinski definition) is 1. The van der Waals surface area contributed by atoms with Crippen molar-refractivity contribution in [3.05, 3.63) is 11.8 Å². The highest BCUT2D eigenvalue weighted by Crippen LogP contribution is 2.38. The standard InChI is InChI=1S/C14H19NO3/c1-3-10-8-9-11-12(6-5-7-13(11)16)15(10)14(17)18-4-2/h1,6,10-11,13,16H,4-5,7-9H2,2H3. The summed E-state index contributed by atoms with van der Waals surface area (Å²) in [5, 5.41) is 10.0. The van der Waals surface area contributed by atoms with Crippen molar-refractivity contribution >= 4 is 6.09 Å². The van der Waals surface area contributed by atoms with Crippen LogP contribution in [0.2, 0.25) is 0 Å². The van der Waals surface area contributed by atoms with Gasteiger partial charge in [-0.1, -0.05) is 12.0 Å². The van der Waals surface area contributed by atoms with Crippen molar-refractivity contribution in [2.75, 3.05) is 6.61 Å². The summed E-state index contributed by atoms with van der Waals surface area (Å²) in [6.07, 6.45) is 9.82. The molecule has 1 heterocycles. The summed E-state index contributed by atoms with van der Waals surface area (Å²) in [7, 11) is 0. The van der Waals surface area contributed by atoms with Crippen LogP contribution in [0.4, 0.5) is 4.79 Å². The monoisotopic (exact) mass is 249 g/mol. The molecule has 18 heavy (non-hydrogen) atoms. The summed E-state index contributed by atoms with van der Waals surface area (Å²) in [6.45, 7) is 2.10. The molecule has 0 aromatic heterocycles. The Labute approximate surface area is 108 Å². The number of piperidine rings is 1. The summed E-state index contributed by atoms with van der Waals surface area (Å²) in [5.74, 6) is 2.66. The van der Waals surface area contributed by atoms with Gasteiger partial charge in [0.15, 0.2) is 0 Å². The van der Waals surface area contributed by atoms with E-state index in [4.69, 9.17) is 11.2 Å². The van der Waals surface area contributed by atoms with Gasteiger partial charge in [0, 0.05) is 11.6 Å². The zero-order valence-electron chi connectivity index (χ0n) is 10.6. The lowest BCUT2D eigenvalue weighted by atomic mass is 9.80. The first-order valence-corrected chi connectivity index (χ1v) is 6.49. The van der Waals surface area contributed by atoms with Crippen LogP contribution in [-0.4, -0.2) is 34.9 Å². The Morgan fingerprint density at radius 1 is 1.61 bits per heavy atom. The Balaban J connectivity index is 2.27. The van der Waals surface area contributed by atoms with Gasteiger partial charge in [-0.05, 0) is 32.6 Å². The van der Waals surface area contributed by atoms with Crippen LogP contribution >= 0.6 is 0 Å². The first-order chi connectivity index (χ1) is 8.69. The number of hydrogen-bond acceptors (Lipinski definition) is 3. The predicted molar refractivity (Wildman–Crippen MR) is 67.5 cm³/mol. The van der Waals surface area contributed by atoms with Crippen LogP contribution in [0.25, 0.3) is 0 Å². The quantitative estimate of drug-likeness (QED) is 0.722. The van der Waals surface area contributed by atoms with Gasteiger partial charge < -0.3 is 9.84 Å². The lowest BCUT2D eigenvalue weighted by Crippen LogP contribution is -2.48. The third kappa shape index (κ3) is 2.23. The molecule has 2 aliphatic rings. The minimum atomic E-state index is -0.398. The van der Waals surface area contributed by atoms with Crippen molar-refractivity contribution in [2.24, 2.45) is 5.92 Å². The van der Waals surface area contributed by atoms with Gasteiger partial charge in [-0.15, -0.1) is 6.42 Å². The van der Waals surface area contributed by atoms with Crippen LogP contribution in [-0.2, 0) is 4.74 Å². The second-order valence-corrected chi connectivity index (χ2v) is 4.71. The molecule has 3 atom stereocenters. The highest BCUT2D eigenvalue weighted by Gasteiger charge is 2.40. The van der Waals surface area contributed by atoms with Gasteiger partial charge in [0.25, 0.3) is 0 Å². The third-order valence-corrected chi connectivity index (χ3v) is 3.66. The molecule has 1 aliphatic carbocycles. The van der Waals surface area contributed by atoms with Gasteiger partial charge in [-0.3, -0.25) is 4.90 Å². The van der Waals surface area contributed by atoms with E-state index in [2.05, 4.69) is 5.92 Å². The van der Waals surface area contributed by atoms with Crippen LogP contribution in [0.3, 0.4) is 0 Å². The van der Waals surface area contributed by atoms with Crippen LogP contribution in [0.5, 0.6) is 0 Å². The Bertz CT molecular complexity index is 396. The average molecular weight is 249 g/mol. The predicted octanol–water partition coefficient (Wildman–Crippen LogP) is 1.90. The topological polar surface area (TPSA) is 49.8 Å².